The molecule has 2 heteroatoms. The van der Waals surface area contributed by atoms with Crippen LogP contribution in [0.4, 0.5) is 0 Å². The summed E-state index contributed by atoms with van der Waals surface area (Å²) < 4.78 is 5.18. The zero-order valence-corrected chi connectivity index (χ0v) is 11.5. The smallest absolute Gasteiger partial charge is 0.119 e. The van der Waals surface area contributed by atoms with Crippen LogP contribution in [0, 0.1) is 0 Å². The molecule has 0 fully saturated rings. The van der Waals surface area contributed by atoms with Crippen molar-refractivity contribution < 1.29 is 9.84 Å². The van der Waals surface area contributed by atoms with Crippen LogP contribution in [0.2, 0.25) is 0 Å². The Morgan fingerprint density at radius 1 is 0.950 bits per heavy atom. The fourth-order valence-electron chi connectivity index (χ4n) is 1.82. The molecule has 0 spiro atoms. The molecule has 0 aromatic heterocycles. The predicted molar refractivity (Wildman–Crippen MR) is 83.8 cm³/mol. The first-order valence-electron chi connectivity index (χ1n) is 6.54. The Labute approximate surface area is 119 Å². The van der Waals surface area contributed by atoms with Gasteiger partial charge in [0.1, 0.15) is 11.5 Å². The van der Waals surface area contributed by atoms with Crippen molar-refractivity contribution in [2.75, 3.05) is 7.11 Å². The van der Waals surface area contributed by atoms with Gasteiger partial charge in [-0.15, -0.1) is 0 Å². The highest BCUT2D eigenvalue weighted by molar-refractivity contribution is 5.53. The van der Waals surface area contributed by atoms with Gasteiger partial charge in [-0.25, -0.2) is 0 Å². The Bertz CT molecular complexity index is 595. The lowest BCUT2D eigenvalue weighted by molar-refractivity contribution is 0.414. The lowest BCUT2D eigenvalue weighted by atomic mass is 10.1. The molecule has 20 heavy (non-hydrogen) atoms. The maximum Gasteiger partial charge on any atom is 0.119 e. The van der Waals surface area contributed by atoms with Gasteiger partial charge in [-0.2, -0.15) is 0 Å². The average Bonchev–Trinajstić information content (AvgIpc) is 2.49. The lowest BCUT2D eigenvalue weighted by Crippen LogP contribution is -1.81. The Balaban J connectivity index is 1.88. The normalized spacial score (nSPS) is 11.2. The number of phenolic OH excluding ortho intramolecular Hbond substituents is 1. The molecule has 0 atom stereocenters. The molecule has 0 aliphatic rings. The van der Waals surface area contributed by atoms with E-state index in [4.69, 9.17) is 4.74 Å². The summed E-state index contributed by atoms with van der Waals surface area (Å²) in [6.07, 6.45) is 9.16. The summed E-state index contributed by atoms with van der Waals surface area (Å²) in [5.41, 5.74) is 2.21. The largest absolute Gasteiger partial charge is 0.508 e. The molecule has 0 aliphatic heterocycles. The second kappa shape index (κ2) is 7.19. The summed E-state index contributed by atoms with van der Waals surface area (Å²) >= 11 is 0. The molecular formula is C18H18O2. The number of hydrogen-bond donors (Lipinski definition) is 1. The third-order valence-corrected chi connectivity index (χ3v) is 2.88. The standard InChI is InChI=1S/C18H18O2/c1-20-18-9-5-8-16(14-18)7-4-2-3-6-15-10-12-17(19)13-11-15/h3-14,19H,2H2,1H3. The van der Waals surface area contributed by atoms with Gasteiger partial charge in [0.15, 0.2) is 0 Å². The Kier molecular flexibility index (Phi) is 5.01. The molecule has 2 aromatic carbocycles. The number of phenols is 1. The first kappa shape index (κ1) is 13.9. The van der Waals surface area contributed by atoms with Crippen molar-refractivity contribution >= 4 is 12.2 Å². The van der Waals surface area contributed by atoms with E-state index in [0.717, 1.165) is 23.3 Å². The van der Waals surface area contributed by atoms with Crippen LogP contribution in [-0.4, -0.2) is 12.2 Å². The van der Waals surface area contributed by atoms with Crippen molar-refractivity contribution in [3.63, 3.8) is 0 Å². The number of rotatable bonds is 5. The molecule has 2 nitrogen and oxygen atoms in total. The summed E-state index contributed by atoms with van der Waals surface area (Å²) in [4.78, 5) is 0. The number of hydrogen-bond acceptors (Lipinski definition) is 2. The Morgan fingerprint density at radius 3 is 2.35 bits per heavy atom. The van der Waals surface area contributed by atoms with E-state index in [0.29, 0.717) is 5.75 Å². The number of ether oxygens (including phenoxy) is 1. The monoisotopic (exact) mass is 266 g/mol. The maximum absolute atomic E-state index is 9.19. The zero-order chi connectivity index (χ0) is 14.2. The van der Waals surface area contributed by atoms with Gasteiger partial charge in [0.05, 0.1) is 7.11 Å². The van der Waals surface area contributed by atoms with Crippen LogP contribution in [0.1, 0.15) is 17.5 Å². The number of methoxy groups -OCH3 is 1. The van der Waals surface area contributed by atoms with E-state index in [2.05, 4.69) is 18.2 Å². The van der Waals surface area contributed by atoms with Crippen LogP contribution >= 0.6 is 0 Å². The van der Waals surface area contributed by atoms with Crippen molar-refractivity contribution in [3.05, 3.63) is 71.8 Å². The van der Waals surface area contributed by atoms with Crippen molar-refractivity contribution in [1.82, 2.24) is 0 Å². The van der Waals surface area contributed by atoms with Gasteiger partial charge in [0.25, 0.3) is 0 Å². The topological polar surface area (TPSA) is 29.5 Å². The molecule has 102 valence electrons. The van der Waals surface area contributed by atoms with E-state index in [-0.39, 0.29) is 0 Å². The van der Waals surface area contributed by atoms with E-state index in [1.807, 2.05) is 42.5 Å². The second-order valence-electron chi connectivity index (χ2n) is 4.41. The minimum Gasteiger partial charge on any atom is -0.508 e. The highest BCUT2D eigenvalue weighted by atomic mass is 16.5. The van der Waals surface area contributed by atoms with Crippen LogP contribution in [-0.2, 0) is 0 Å². The van der Waals surface area contributed by atoms with Gasteiger partial charge in [-0.3, -0.25) is 0 Å². The van der Waals surface area contributed by atoms with Crippen LogP contribution in [0.3, 0.4) is 0 Å². The van der Waals surface area contributed by atoms with E-state index < -0.39 is 0 Å². The molecular weight excluding hydrogens is 248 g/mol. The molecule has 2 rings (SSSR count). The van der Waals surface area contributed by atoms with Crippen LogP contribution in [0.25, 0.3) is 12.2 Å². The minimum atomic E-state index is 0.292. The van der Waals surface area contributed by atoms with Gasteiger partial charge < -0.3 is 9.84 Å². The first-order chi connectivity index (χ1) is 9.78. The Morgan fingerprint density at radius 2 is 1.65 bits per heavy atom. The van der Waals surface area contributed by atoms with E-state index in [9.17, 15) is 5.11 Å². The molecule has 2 aromatic rings. The fraction of sp³-hybridized carbons (Fsp3) is 0.111. The summed E-state index contributed by atoms with van der Waals surface area (Å²) in [5.74, 6) is 1.16. The summed E-state index contributed by atoms with van der Waals surface area (Å²) in [6.45, 7) is 0. The zero-order valence-electron chi connectivity index (χ0n) is 11.5. The van der Waals surface area contributed by atoms with Crippen LogP contribution < -0.4 is 4.74 Å². The van der Waals surface area contributed by atoms with Crippen LogP contribution in [0.5, 0.6) is 11.5 Å². The maximum atomic E-state index is 9.19. The molecule has 0 aliphatic carbocycles. The highest BCUT2D eigenvalue weighted by Crippen LogP contribution is 2.14. The third kappa shape index (κ3) is 4.32. The van der Waals surface area contributed by atoms with Gasteiger partial charge in [0.2, 0.25) is 0 Å². The van der Waals surface area contributed by atoms with Crippen LogP contribution in [0.15, 0.2) is 60.7 Å². The van der Waals surface area contributed by atoms with E-state index in [1.165, 1.54) is 0 Å². The third-order valence-electron chi connectivity index (χ3n) is 2.88. The average molecular weight is 266 g/mol. The molecule has 0 amide bonds. The predicted octanol–water partition coefficient (Wildman–Crippen LogP) is 4.52. The van der Waals surface area contributed by atoms with Gasteiger partial charge >= 0.3 is 0 Å². The number of benzene rings is 2. The lowest BCUT2D eigenvalue weighted by Gasteiger charge is -1.99. The Hall–Kier alpha value is -2.48. The molecule has 0 saturated heterocycles. The van der Waals surface area contributed by atoms with E-state index in [1.54, 1.807) is 19.2 Å². The minimum absolute atomic E-state index is 0.292. The summed E-state index contributed by atoms with van der Waals surface area (Å²) in [5, 5.41) is 9.19. The van der Waals surface area contributed by atoms with Gasteiger partial charge in [0, 0.05) is 0 Å². The number of allylic oxidation sites excluding steroid dienone is 2. The van der Waals surface area contributed by atoms with E-state index >= 15 is 0 Å². The molecule has 0 bridgehead atoms. The molecule has 0 radical (unpaired) electrons. The highest BCUT2D eigenvalue weighted by Gasteiger charge is 1.90. The number of aromatic hydroxyl groups is 1. The van der Waals surface area contributed by atoms with Crippen molar-refractivity contribution in [3.8, 4) is 11.5 Å². The van der Waals surface area contributed by atoms with Gasteiger partial charge in [-0.05, 0) is 41.8 Å². The molecule has 0 unspecified atom stereocenters. The molecule has 0 heterocycles. The SMILES string of the molecule is COc1cccc(C=CCC=Cc2ccc(O)cc2)c1. The van der Waals surface area contributed by atoms with Gasteiger partial charge in [-0.1, -0.05) is 48.6 Å². The summed E-state index contributed by atoms with van der Waals surface area (Å²) in [7, 11) is 1.67. The second-order valence-corrected chi connectivity index (χ2v) is 4.41. The van der Waals surface area contributed by atoms with Crippen molar-refractivity contribution in [2.24, 2.45) is 0 Å². The first-order valence-corrected chi connectivity index (χ1v) is 6.54. The fourth-order valence-corrected chi connectivity index (χ4v) is 1.82. The van der Waals surface area contributed by atoms with Crippen molar-refractivity contribution in [1.29, 1.82) is 0 Å². The molecule has 0 saturated carbocycles. The summed E-state index contributed by atoms with van der Waals surface area (Å²) in [6, 6.07) is 15.1. The van der Waals surface area contributed by atoms with Crippen molar-refractivity contribution in [2.45, 2.75) is 6.42 Å². The quantitative estimate of drug-likeness (QED) is 0.862. The molecule has 1 N–H and O–H groups in total.